The number of rotatable bonds is 4. The summed E-state index contributed by atoms with van der Waals surface area (Å²) in [7, 11) is 0. The van der Waals surface area contributed by atoms with Gasteiger partial charge in [-0.1, -0.05) is 25.1 Å². The third-order valence-electron chi connectivity index (χ3n) is 7.32. The van der Waals surface area contributed by atoms with E-state index in [1.807, 2.05) is 43.9 Å². The van der Waals surface area contributed by atoms with E-state index in [1.54, 1.807) is 6.92 Å². The van der Waals surface area contributed by atoms with Crippen molar-refractivity contribution in [2.24, 2.45) is 5.92 Å². The molecule has 2 aromatic carbocycles. The molecule has 2 aliphatic rings. The number of benzene rings is 2. The predicted octanol–water partition coefficient (Wildman–Crippen LogP) is 5.72. The SMILES string of the molecule is CC(=O)N1c2ccc(N3CCC(NC(=O)OC(C)(C)C)CC3)cc2[C@H](Nc2ccccc2)C(C)[C@@H]1C. The van der Waals surface area contributed by atoms with Gasteiger partial charge in [-0.2, -0.15) is 0 Å². The van der Waals surface area contributed by atoms with E-state index in [0.717, 1.165) is 48.6 Å². The number of hydrogen-bond acceptors (Lipinski definition) is 5. The van der Waals surface area contributed by atoms with E-state index in [1.165, 1.54) is 0 Å². The molecule has 0 saturated carbocycles. The molecule has 2 heterocycles. The summed E-state index contributed by atoms with van der Waals surface area (Å²) in [5.74, 6) is 0.288. The number of carbonyl (C=O) groups is 2. The molecule has 0 aromatic heterocycles. The predicted molar refractivity (Wildman–Crippen MR) is 146 cm³/mol. The molecule has 2 N–H and O–H groups in total. The molecular weight excluding hydrogens is 452 g/mol. The Hall–Kier alpha value is -3.22. The van der Waals surface area contributed by atoms with E-state index in [2.05, 4.69) is 59.7 Å². The van der Waals surface area contributed by atoms with Crippen molar-refractivity contribution in [2.45, 2.75) is 78.1 Å². The Morgan fingerprint density at radius 1 is 1.00 bits per heavy atom. The molecule has 7 heteroatoms. The largest absolute Gasteiger partial charge is 0.444 e. The number of carbonyl (C=O) groups excluding carboxylic acids is 2. The molecule has 0 aliphatic carbocycles. The molecule has 7 nitrogen and oxygen atoms in total. The Kier molecular flexibility index (Phi) is 7.48. The van der Waals surface area contributed by atoms with Crippen LogP contribution in [0, 0.1) is 5.92 Å². The summed E-state index contributed by atoms with van der Waals surface area (Å²) >= 11 is 0. The average Bonchev–Trinajstić information content (AvgIpc) is 2.81. The lowest BCUT2D eigenvalue weighted by Gasteiger charge is -2.45. The second-order valence-corrected chi connectivity index (χ2v) is 11.1. The maximum atomic E-state index is 12.6. The number of alkyl carbamates (subject to hydrolysis) is 1. The molecule has 1 unspecified atom stereocenters. The van der Waals surface area contributed by atoms with Gasteiger partial charge in [-0.05, 0) is 70.9 Å². The molecule has 194 valence electrons. The average molecular weight is 493 g/mol. The van der Waals surface area contributed by atoms with Gasteiger partial charge < -0.3 is 25.2 Å². The highest BCUT2D eigenvalue weighted by atomic mass is 16.6. The molecule has 0 spiro atoms. The third-order valence-corrected chi connectivity index (χ3v) is 7.32. The van der Waals surface area contributed by atoms with Crippen LogP contribution in [0.2, 0.25) is 0 Å². The zero-order valence-corrected chi connectivity index (χ0v) is 22.4. The lowest BCUT2D eigenvalue weighted by Crippen LogP contribution is -2.48. The molecule has 2 aromatic rings. The Morgan fingerprint density at radius 2 is 1.67 bits per heavy atom. The van der Waals surface area contributed by atoms with Crippen molar-refractivity contribution in [1.82, 2.24) is 5.32 Å². The topological polar surface area (TPSA) is 73.9 Å². The van der Waals surface area contributed by atoms with E-state index < -0.39 is 5.60 Å². The standard InChI is InChI=1S/C29H40N4O3/c1-19-20(2)33(21(3)34)26-13-12-24(18-25(26)27(19)30-22-10-8-7-9-11-22)32-16-14-23(15-17-32)31-28(35)36-29(4,5)6/h7-13,18-20,23,27,30H,14-17H2,1-6H3,(H,31,35)/t19?,20-,27+/m0/s1. The number of anilines is 3. The minimum absolute atomic E-state index is 0.0653. The van der Waals surface area contributed by atoms with Gasteiger partial charge in [0.2, 0.25) is 5.91 Å². The van der Waals surface area contributed by atoms with Gasteiger partial charge in [0, 0.05) is 60.6 Å². The quantitative estimate of drug-likeness (QED) is 0.571. The van der Waals surface area contributed by atoms with Crippen LogP contribution in [-0.4, -0.2) is 42.8 Å². The van der Waals surface area contributed by atoms with Gasteiger partial charge in [-0.3, -0.25) is 4.79 Å². The summed E-state index contributed by atoms with van der Waals surface area (Å²) in [6, 6.07) is 17.0. The van der Waals surface area contributed by atoms with E-state index in [9.17, 15) is 9.59 Å². The van der Waals surface area contributed by atoms with E-state index >= 15 is 0 Å². The van der Waals surface area contributed by atoms with Crippen LogP contribution in [0.4, 0.5) is 21.9 Å². The minimum atomic E-state index is -0.499. The number of piperidine rings is 1. The first-order valence-corrected chi connectivity index (χ1v) is 13.0. The van der Waals surface area contributed by atoms with Gasteiger partial charge in [0.15, 0.2) is 0 Å². The number of amides is 2. The molecule has 0 bridgehead atoms. The fourth-order valence-corrected chi connectivity index (χ4v) is 5.36. The van der Waals surface area contributed by atoms with E-state index in [4.69, 9.17) is 4.74 Å². The molecule has 2 aliphatic heterocycles. The van der Waals surface area contributed by atoms with Crippen molar-refractivity contribution in [3.8, 4) is 0 Å². The zero-order valence-electron chi connectivity index (χ0n) is 22.4. The molecule has 3 atom stereocenters. The first-order valence-electron chi connectivity index (χ1n) is 13.0. The van der Waals surface area contributed by atoms with Gasteiger partial charge >= 0.3 is 6.09 Å². The van der Waals surface area contributed by atoms with Crippen LogP contribution in [0.1, 0.15) is 66.0 Å². The Morgan fingerprint density at radius 3 is 2.28 bits per heavy atom. The molecule has 0 radical (unpaired) electrons. The summed E-state index contributed by atoms with van der Waals surface area (Å²) < 4.78 is 5.42. The number of fused-ring (bicyclic) bond motifs is 1. The zero-order chi connectivity index (χ0) is 26.0. The summed E-state index contributed by atoms with van der Waals surface area (Å²) in [5, 5.41) is 6.75. The highest BCUT2D eigenvalue weighted by Crippen LogP contribution is 2.44. The normalized spacial score (nSPS) is 22.6. The number of nitrogens with one attached hydrogen (secondary N) is 2. The van der Waals surface area contributed by atoms with Gasteiger partial charge in [0.25, 0.3) is 0 Å². The summed E-state index contributed by atoms with van der Waals surface area (Å²) in [6.07, 6.45) is 1.36. The second-order valence-electron chi connectivity index (χ2n) is 11.1. The Labute approximate surface area is 215 Å². The highest BCUT2D eigenvalue weighted by Gasteiger charge is 2.38. The monoisotopic (exact) mass is 492 g/mol. The van der Waals surface area contributed by atoms with Crippen molar-refractivity contribution < 1.29 is 14.3 Å². The van der Waals surface area contributed by atoms with Gasteiger partial charge in [0.1, 0.15) is 5.60 Å². The van der Waals surface area contributed by atoms with Crippen molar-refractivity contribution >= 4 is 29.1 Å². The van der Waals surface area contributed by atoms with Gasteiger partial charge in [-0.15, -0.1) is 0 Å². The lowest BCUT2D eigenvalue weighted by molar-refractivity contribution is -0.117. The maximum Gasteiger partial charge on any atom is 0.407 e. The fourth-order valence-electron chi connectivity index (χ4n) is 5.36. The second kappa shape index (κ2) is 10.4. The van der Waals surface area contributed by atoms with Crippen molar-refractivity contribution in [3.05, 3.63) is 54.1 Å². The molecule has 36 heavy (non-hydrogen) atoms. The molecule has 4 rings (SSSR count). The number of nitrogens with zero attached hydrogens (tertiary/aromatic N) is 2. The molecule has 2 amide bonds. The Balaban J connectivity index is 1.54. The highest BCUT2D eigenvalue weighted by molar-refractivity contribution is 5.94. The van der Waals surface area contributed by atoms with Crippen LogP contribution < -0.4 is 20.4 Å². The van der Waals surface area contributed by atoms with Crippen LogP contribution >= 0.6 is 0 Å². The molecular formula is C29H40N4O3. The first kappa shape index (κ1) is 25.9. The van der Waals surface area contributed by atoms with E-state index in [0.29, 0.717) is 0 Å². The number of hydrogen-bond donors (Lipinski definition) is 2. The first-order chi connectivity index (χ1) is 17.0. The fraction of sp³-hybridized carbons (Fsp3) is 0.517. The van der Waals surface area contributed by atoms with Crippen LogP contribution in [0.3, 0.4) is 0 Å². The summed E-state index contributed by atoms with van der Waals surface area (Å²) in [6.45, 7) is 13.3. The van der Waals surface area contributed by atoms with Crippen molar-refractivity contribution in [3.63, 3.8) is 0 Å². The third kappa shape index (κ3) is 5.77. The lowest BCUT2D eigenvalue weighted by atomic mass is 9.82. The van der Waals surface area contributed by atoms with Gasteiger partial charge in [-0.25, -0.2) is 4.79 Å². The summed E-state index contributed by atoms with van der Waals surface area (Å²) in [4.78, 5) is 29.1. The van der Waals surface area contributed by atoms with Crippen molar-refractivity contribution in [2.75, 3.05) is 28.2 Å². The minimum Gasteiger partial charge on any atom is -0.444 e. The number of para-hydroxylation sites is 1. The number of ether oxygens (including phenoxy) is 1. The maximum absolute atomic E-state index is 12.6. The molecule has 1 fully saturated rings. The van der Waals surface area contributed by atoms with Crippen LogP contribution in [-0.2, 0) is 9.53 Å². The van der Waals surface area contributed by atoms with Crippen LogP contribution in [0.15, 0.2) is 48.5 Å². The molecule has 1 saturated heterocycles. The van der Waals surface area contributed by atoms with Gasteiger partial charge in [0.05, 0.1) is 6.04 Å². The smallest absolute Gasteiger partial charge is 0.407 e. The van der Waals surface area contributed by atoms with E-state index in [-0.39, 0.29) is 36.0 Å². The summed E-state index contributed by atoms with van der Waals surface area (Å²) in [5.41, 5.74) is 3.84. The van der Waals surface area contributed by atoms with Crippen molar-refractivity contribution in [1.29, 1.82) is 0 Å². The Bertz CT molecular complexity index is 1070. The van der Waals surface area contributed by atoms with Crippen LogP contribution in [0.25, 0.3) is 0 Å². The van der Waals surface area contributed by atoms with Crippen LogP contribution in [0.5, 0.6) is 0 Å².